The van der Waals surface area contributed by atoms with Crippen LogP contribution in [0.4, 0.5) is 0 Å². The van der Waals surface area contributed by atoms with Crippen molar-refractivity contribution in [3.63, 3.8) is 0 Å². The molecule has 1 atom stereocenters. The van der Waals surface area contributed by atoms with Crippen molar-refractivity contribution in [2.75, 3.05) is 6.61 Å². The molecular formula is C29H54O4. The molecule has 0 aliphatic rings. The number of ether oxygens (including phenoxy) is 1. The van der Waals surface area contributed by atoms with Crippen LogP contribution in [0, 0.1) is 5.92 Å². The summed E-state index contributed by atoms with van der Waals surface area (Å²) in [6, 6.07) is 0. The van der Waals surface area contributed by atoms with Crippen LogP contribution in [-0.4, -0.2) is 23.7 Å². The first kappa shape index (κ1) is 31.7. The lowest BCUT2D eigenvalue weighted by molar-refractivity contribution is -0.151. The Hall–Kier alpha value is -1.32. The Morgan fingerprint density at radius 2 is 1.12 bits per heavy atom. The van der Waals surface area contributed by atoms with Crippen LogP contribution in [0.3, 0.4) is 0 Å². The zero-order valence-electron chi connectivity index (χ0n) is 22.0. The highest BCUT2D eigenvalue weighted by Gasteiger charge is 2.21. The van der Waals surface area contributed by atoms with Crippen molar-refractivity contribution in [2.45, 2.75) is 149 Å². The molecule has 0 saturated heterocycles. The molecule has 0 saturated carbocycles. The van der Waals surface area contributed by atoms with E-state index in [4.69, 9.17) is 4.74 Å². The summed E-state index contributed by atoms with van der Waals surface area (Å²) in [7, 11) is 0. The molecule has 4 heteroatoms. The number of allylic oxidation sites excluding steroid dienone is 2. The molecular weight excluding hydrogens is 412 g/mol. The second-order valence-electron chi connectivity index (χ2n) is 9.60. The van der Waals surface area contributed by atoms with Gasteiger partial charge in [0.15, 0.2) is 0 Å². The van der Waals surface area contributed by atoms with E-state index in [9.17, 15) is 14.7 Å². The first-order valence-corrected chi connectivity index (χ1v) is 14.1. The molecule has 0 aliphatic carbocycles. The van der Waals surface area contributed by atoms with Crippen molar-refractivity contribution in [1.82, 2.24) is 0 Å². The highest BCUT2D eigenvalue weighted by Crippen LogP contribution is 2.17. The van der Waals surface area contributed by atoms with E-state index in [-0.39, 0.29) is 12.4 Å². The van der Waals surface area contributed by atoms with Gasteiger partial charge in [0.1, 0.15) is 0 Å². The van der Waals surface area contributed by atoms with Crippen molar-refractivity contribution < 1.29 is 19.4 Å². The number of carboxylic acid groups (broad SMARTS) is 1. The maximum atomic E-state index is 11.6. The van der Waals surface area contributed by atoms with Gasteiger partial charge in [-0.3, -0.25) is 9.59 Å². The van der Waals surface area contributed by atoms with Crippen molar-refractivity contribution >= 4 is 11.9 Å². The third-order valence-electron chi connectivity index (χ3n) is 6.29. The van der Waals surface area contributed by atoms with Gasteiger partial charge in [0, 0.05) is 0 Å². The van der Waals surface area contributed by atoms with Crippen LogP contribution in [0.1, 0.15) is 149 Å². The summed E-state index contributed by atoms with van der Waals surface area (Å²) in [6.45, 7) is 4.58. The number of aliphatic carboxylic acids is 1. The lowest BCUT2D eigenvalue weighted by Gasteiger charge is -2.11. The molecule has 0 radical (unpaired) electrons. The minimum atomic E-state index is -0.878. The van der Waals surface area contributed by atoms with Gasteiger partial charge in [0.25, 0.3) is 0 Å². The minimum absolute atomic E-state index is 0.00422. The van der Waals surface area contributed by atoms with Gasteiger partial charge in [0.2, 0.25) is 0 Å². The van der Waals surface area contributed by atoms with Gasteiger partial charge in [-0.25, -0.2) is 0 Å². The van der Waals surface area contributed by atoms with Gasteiger partial charge < -0.3 is 9.84 Å². The highest BCUT2D eigenvalue weighted by molar-refractivity contribution is 5.78. The van der Waals surface area contributed by atoms with Crippen LogP contribution in [0.5, 0.6) is 0 Å². The van der Waals surface area contributed by atoms with Gasteiger partial charge in [-0.05, 0) is 38.5 Å². The van der Waals surface area contributed by atoms with Crippen molar-refractivity contribution in [3.8, 4) is 0 Å². The number of unbranched alkanes of at least 4 members (excludes halogenated alkanes) is 16. The molecule has 194 valence electrons. The summed E-state index contributed by atoms with van der Waals surface area (Å²) in [5.41, 5.74) is 0. The van der Waals surface area contributed by atoms with Crippen molar-refractivity contribution in [2.24, 2.45) is 5.92 Å². The van der Waals surface area contributed by atoms with Crippen LogP contribution in [-0.2, 0) is 14.3 Å². The highest BCUT2D eigenvalue weighted by atomic mass is 16.5. The number of carboxylic acids is 1. The Kier molecular flexibility index (Phi) is 24.3. The number of rotatable bonds is 25. The summed E-state index contributed by atoms with van der Waals surface area (Å²) in [4.78, 5) is 23.0. The fraction of sp³-hybridized carbons (Fsp3) is 0.862. The van der Waals surface area contributed by atoms with E-state index in [0.29, 0.717) is 13.0 Å². The molecule has 0 spiro atoms. The van der Waals surface area contributed by atoms with Gasteiger partial charge in [-0.1, -0.05) is 116 Å². The molecule has 0 aromatic carbocycles. The third-order valence-corrected chi connectivity index (χ3v) is 6.29. The quantitative estimate of drug-likeness (QED) is 0.0828. The summed E-state index contributed by atoms with van der Waals surface area (Å²) >= 11 is 0. The summed E-state index contributed by atoms with van der Waals surface area (Å²) in [6.07, 6.45) is 29.2. The second kappa shape index (κ2) is 25.3. The molecule has 1 N–H and O–H groups in total. The Morgan fingerprint density at radius 3 is 1.58 bits per heavy atom. The zero-order valence-corrected chi connectivity index (χ0v) is 22.0. The van der Waals surface area contributed by atoms with Crippen LogP contribution in [0.2, 0.25) is 0 Å². The summed E-state index contributed by atoms with van der Waals surface area (Å²) in [5, 5.41) is 9.29. The van der Waals surface area contributed by atoms with Crippen molar-refractivity contribution in [3.05, 3.63) is 12.2 Å². The standard InChI is InChI=1S/C29H54O4/c1-3-5-6-7-8-9-10-11-12-13-14-15-16-17-18-19-20-21-22-23-24-27(29(31)32)26-28(30)33-25-4-2/h11-12,27H,3-10,13-26H2,1-2H3,(H,31,32)/b12-11+. The summed E-state index contributed by atoms with van der Waals surface area (Å²) < 4.78 is 5.01. The third kappa shape index (κ3) is 23.6. The molecule has 0 aromatic rings. The molecule has 4 nitrogen and oxygen atoms in total. The molecule has 0 rings (SSSR count). The topological polar surface area (TPSA) is 63.6 Å². The van der Waals surface area contributed by atoms with E-state index < -0.39 is 11.9 Å². The van der Waals surface area contributed by atoms with Crippen LogP contribution in [0.25, 0.3) is 0 Å². The molecule has 0 fully saturated rings. The van der Waals surface area contributed by atoms with Gasteiger partial charge in [-0.15, -0.1) is 0 Å². The average Bonchev–Trinajstić information content (AvgIpc) is 2.80. The number of hydrogen-bond acceptors (Lipinski definition) is 3. The van der Waals surface area contributed by atoms with E-state index in [1.54, 1.807) is 0 Å². The smallest absolute Gasteiger partial charge is 0.307 e. The Bertz CT molecular complexity index is 472. The van der Waals surface area contributed by atoms with Crippen LogP contribution in [0.15, 0.2) is 12.2 Å². The molecule has 1 unspecified atom stereocenters. The molecule has 0 aromatic heterocycles. The zero-order chi connectivity index (χ0) is 24.4. The lowest BCUT2D eigenvalue weighted by atomic mass is 9.97. The fourth-order valence-corrected chi connectivity index (χ4v) is 4.13. The summed E-state index contributed by atoms with van der Waals surface area (Å²) in [5.74, 6) is -1.86. The lowest BCUT2D eigenvalue weighted by Crippen LogP contribution is -2.19. The Balaban J connectivity index is 3.41. The predicted octanol–water partition coefficient (Wildman–Crippen LogP) is 9.02. The first-order chi connectivity index (χ1) is 16.1. The van der Waals surface area contributed by atoms with Crippen molar-refractivity contribution in [1.29, 1.82) is 0 Å². The van der Waals surface area contributed by atoms with E-state index in [1.165, 1.54) is 96.3 Å². The number of carbonyl (C=O) groups is 2. The van der Waals surface area contributed by atoms with Gasteiger partial charge in [-0.2, -0.15) is 0 Å². The Morgan fingerprint density at radius 1 is 0.667 bits per heavy atom. The number of esters is 1. The number of hydrogen-bond donors (Lipinski definition) is 1. The Labute approximate surface area is 204 Å². The molecule has 0 amide bonds. The van der Waals surface area contributed by atoms with Gasteiger partial charge in [0.05, 0.1) is 18.9 Å². The van der Waals surface area contributed by atoms with Crippen LogP contribution < -0.4 is 0 Å². The average molecular weight is 467 g/mol. The maximum Gasteiger partial charge on any atom is 0.307 e. The predicted molar refractivity (Wildman–Crippen MR) is 140 cm³/mol. The largest absolute Gasteiger partial charge is 0.481 e. The normalized spacial score (nSPS) is 12.3. The SMILES string of the molecule is CCCCCCCC/C=C/CCCCCCCCCCCCC(CC(=O)OCCC)C(=O)O. The molecule has 0 heterocycles. The maximum absolute atomic E-state index is 11.6. The molecule has 0 aliphatic heterocycles. The van der Waals surface area contributed by atoms with E-state index >= 15 is 0 Å². The molecule has 0 bridgehead atoms. The van der Waals surface area contributed by atoms with E-state index in [0.717, 1.165) is 25.7 Å². The van der Waals surface area contributed by atoms with E-state index in [2.05, 4.69) is 19.1 Å². The second-order valence-corrected chi connectivity index (χ2v) is 9.60. The minimum Gasteiger partial charge on any atom is -0.481 e. The number of carbonyl (C=O) groups excluding carboxylic acids is 1. The molecule has 33 heavy (non-hydrogen) atoms. The fourth-order valence-electron chi connectivity index (χ4n) is 4.13. The first-order valence-electron chi connectivity index (χ1n) is 14.1. The van der Waals surface area contributed by atoms with E-state index in [1.807, 2.05) is 6.92 Å². The monoisotopic (exact) mass is 466 g/mol. The van der Waals surface area contributed by atoms with Crippen LogP contribution >= 0.6 is 0 Å². The van der Waals surface area contributed by atoms with Gasteiger partial charge >= 0.3 is 11.9 Å².